The summed E-state index contributed by atoms with van der Waals surface area (Å²) in [6.07, 6.45) is 3.10. The van der Waals surface area contributed by atoms with Gasteiger partial charge in [-0.3, -0.25) is 9.36 Å². The lowest BCUT2D eigenvalue weighted by molar-refractivity contribution is -0.132. The van der Waals surface area contributed by atoms with Crippen molar-refractivity contribution in [1.29, 1.82) is 0 Å². The highest BCUT2D eigenvalue weighted by Gasteiger charge is 2.28. The molecule has 1 atom stereocenters. The number of fused-ring (bicyclic) bond motifs is 1. The van der Waals surface area contributed by atoms with Crippen molar-refractivity contribution in [2.75, 3.05) is 44.3 Å². The minimum Gasteiger partial charge on any atom is -0.381 e. The first-order valence-corrected chi connectivity index (χ1v) is 13.2. The van der Waals surface area contributed by atoms with E-state index in [1.54, 1.807) is 6.33 Å². The highest BCUT2D eigenvalue weighted by Crippen LogP contribution is 2.35. The van der Waals surface area contributed by atoms with Crippen molar-refractivity contribution in [1.82, 2.24) is 24.4 Å². The fourth-order valence-corrected chi connectivity index (χ4v) is 5.40. The third-order valence-corrected chi connectivity index (χ3v) is 7.63. The lowest BCUT2D eigenvalue weighted by Gasteiger charge is -2.35. The second kappa shape index (κ2) is 10.3. The number of carbonyl (C=O) groups excluding carboxylic acids is 1. The van der Waals surface area contributed by atoms with E-state index in [9.17, 15) is 4.79 Å². The van der Waals surface area contributed by atoms with Crippen molar-refractivity contribution in [3.8, 4) is 17.1 Å². The topological polar surface area (TPSA) is 76.4 Å². The fraction of sp³-hybridized carbons (Fsp3) is 0.333. The van der Waals surface area contributed by atoms with Gasteiger partial charge in [0.1, 0.15) is 12.2 Å². The molecule has 2 aromatic carbocycles. The molecule has 190 valence electrons. The summed E-state index contributed by atoms with van der Waals surface area (Å²) in [6, 6.07) is 15.2. The molecular formula is C27H26Cl2N6O2. The van der Waals surface area contributed by atoms with E-state index in [1.807, 2.05) is 58.0 Å². The van der Waals surface area contributed by atoms with Gasteiger partial charge in [-0.05, 0) is 48.7 Å². The molecule has 10 heteroatoms. The number of carbonyl (C=O) groups is 1. The zero-order chi connectivity index (χ0) is 25.4. The van der Waals surface area contributed by atoms with E-state index in [2.05, 4.69) is 14.9 Å². The summed E-state index contributed by atoms with van der Waals surface area (Å²) in [7, 11) is 0. The van der Waals surface area contributed by atoms with Crippen molar-refractivity contribution in [2.45, 2.75) is 12.8 Å². The van der Waals surface area contributed by atoms with Gasteiger partial charge in [-0.15, -0.1) is 0 Å². The van der Waals surface area contributed by atoms with Crippen LogP contribution in [0.4, 0.5) is 5.82 Å². The van der Waals surface area contributed by atoms with Gasteiger partial charge in [-0.2, -0.15) is 0 Å². The molecule has 4 heterocycles. The summed E-state index contributed by atoms with van der Waals surface area (Å²) >= 11 is 12.8. The summed E-state index contributed by atoms with van der Waals surface area (Å²) in [6.45, 7) is 4.09. The van der Waals surface area contributed by atoms with Crippen LogP contribution >= 0.6 is 23.2 Å². The molecule has 1 unspecified atom stereocenters. The molecule has 0 radical (unpaired) electrons. The molecule has 8 nitrogen and oxygen atoms in total. The predicted octanol–water partition coefficient (Wildman–Crippen LogP) is 4.86. The third kappa shape index (κ3) is 4.77. The van der Waals surface area contributed by atoms with Crippen LogP contribution in [0.2, 0.25) is 10.0 Å². The lowest BCUT2D eigenvalue weighted by atomic mass is 10.0. The summed E-state index contributed by atoms with van der Waals surface area (Å²) in [5.41, 5.74) is 3.05. The number of benzene rings is 2. The number of hydrogen-bond acceptors (Lipinski definition) is 6. The molecule has 2 aromatic heterocycles. The largest absolute Gasteiger partial charge is 0.381 e. The van der Waals surface area contributed by atoms with Crippen LogP contribution in [0.5, 0.6) is 0 Å². The zero-order valence-electron chi connectivity index (χ0n) is 20.2. The molecule has 0 saturated carbocycles. The van der Waals surface area contributed by atoms with Crippen LogP contribution in [0.1, 0.15) is 12.8 Å². The van der Waals surface area contributed by atoms with Gasteiger partial charge in [0.25, 0.3) is 0 Å². The SMILES string of the molecule is O=C(CC1CCOC1)N1CCN(c2ncnc3c2nc(-c2ccccc2Cl)n3-c2ccc(Cl)cc2)CC1. The molecule has 2 aliphatic heterocycles. The molecule has 0 N–H and O–H groups in total. The summed E-state index contributed by atoms with van der Waals surface area (Å²) < 4.78 is 7.42. The standard InChI is InChI=1S/C27H26Cl2N6O2/c28-19-5-7-20(8-6-19)35-25(21-3-1-2-4-22(21)29)32-24-26(30-17-31-27(24)35)34-12-10-33(11-13-34)23(36)15-18-9-14-37-16-18/h1-8,17-18H,9-16H2. The normalized spacial score (nSPS) is 18.1. The number of amides is 1. The first-order chi connectivity index (χ1) is 18.1. The van der Waals surface area contributed by atoms with Crippen LogP contribution < -0.4 is 4.90 Å². The number of ether oxygens (including phenoxy) is 1. The van der Waals surface area contributed by atoms with E-state index in [0.29, 0.717) is 72.2 Å². The summed E-state index contributed by atoms with van der Waals surface area (Å²) in [5.74, 6) is 1.97. The Morgan fingerprint density at radius 1 is 1.00 bits per heavy atom. The summed E-state index contributed by atoms with van der Waals surface area (Å²) in [5, 5.41) is 1.25. The molecule has 0 spiro atoms. The second-order valence-corrected chi connectivity index (χ2v) is 10.2. The zero-order valence-corrected chi connectivity index (χ0v) is 21.7. The van der Waals surface area contributed by atoms with Gasteiger partial charge in [-0.25, -0.2) is 15.0 Å². The molecule has 6 rings (SSSR count). The lowest BCUT2D eigenvalue weighted by Crippen LogP contribution is -2.49. The van der Waals surface area contributed by atoms with E-state index in [0.717, 1.165) is 30.1 Å². The first kappa shape index (κ1) is 24.2. The monoisotopic (exact) mass is 536 g/mol. The smallest absolute Gasteiger partial charge is 0.223 e. The Bertz CT molecular complexity index is 1430. The molecule has 2 fully saturated rings. The molecule has 0 bridgehead atoms. The quantitative estimate of drug-likeness (QED) is 0.362. The van der Waals surface area contributed by atoms with E-state index in [1.165, 1.54) is 0 Å². The van der Waals surface area contributed by atoms with Crippen molar-refractivity contribution < 1.29 is 9.53 Å². The molecule has 1 amide bonds. The van der Waals surface area contributed by atoms with Crippen molar-refractivity contribution in [3.05, 3.63) is 64.9 Å². The predicted molar refractivity (Wildman–Crippen MR) is 144 cm³/mol. The van der Waals surface area contributed by atoms with Crippen LogP contribution in [-0.2, 0) is 9.53 Å². The van der Waals surface area contributed by atoms with Crippen LogP contribution in [0, 0.1) is 5.92 Å². The number of halogens is 2. The van der Waals surface area contributed by atoms with Crippen LogP contribution in [-0.4, -0.2) is 69.7 Å². The van der Waals surface area contributed by atoms with Crippen LogP contribution in [0.3, 0.4) is 0 Å². The van der Waals surface area contributed by atoms with E-state index in [4.69, 9.17) is 32.9 Å². The Labute approximate surface area is 224 Å². The average molecular weight is 537 g/mol. The number of nitrogens with zero attached hydrogens (tertiary/aromatic N) is 6. The fourth-order valence-electron chi connectivity index (χ4n) is 5.06. The summed E-state index contributed by atoms with van der Waals surface area (Å²) in [4.78, 5) is 31.2. The number of rotatable bonds is 5. The van der Waals surface area contributed by atoms with Crippen molar-refractivity contribution >= 4 is 46.1 Å². The molecule has 0 aliphatic carbocycles. The molecule has 37 heavy (non-hydrogen) atoms. The molecule has 4 aromatic rings. The maximum Gasteiger partial charge on any atom is 0.223 e. The van der Waals surface area contributed by atoms with Gasteiger partial charge in [0.15, 0.2) is 17.0 Å². The third-order valence-electron chi connectivity index (χ3n) is 7.04. The van der Waals surface area contributed by atoms with Gasteiger partial charge in [0, 0.05) is 62.1 Å². The van der Waals surface area contributed by atoms with E-state index >= 15 is 0 Å². The Hall–Kier alpha value is -3.20. The maximum absolute atomic E-state index is 12.8. The van der Waals surface area contributed by atoms with Crippen LogP contribution in [0.25, 0.3) is 28.2 Å². The number of aromatic nitrogens is 4. The minimum atomic E-state index is 0.205. The van der Waals surface area contributed by atoms with Gasteiger partial charge < -0.3 is 14.5 Å². The van der Waals surface area contributed by atoms with Gasteiger partial charge in [0.2, 0.25) is 5.91 Å². The average Bonchev–Trinajstić information content (AvgIpc) is 3.57. The van der Waals surface area contributed by atoms with Crippen molar-refractivity contribution in [2.24, 2.45) is 5.92 Å². The molecule has 2 aliphatic rings. The van der Waals surface area contributed by atoms with Gasteiger partial charge in [-0.1, -0.05) is 35.3 Å². The van der Waals surface area contributed by atoms with Crippen LogP contribution in [0.15, 0.2) is 54.9 Å². The van der Waals surface area contributed by atoms with E-state index in [-0.39, 0.29) is 5.91 Å². The number of imidazole rings is 1. The van der Waals surface area contributed by atoms with Gasteiger partial charge >= 0.3 is 0 Å². The Kier molecular flexibility index (Phi) is 6.71. The Morgan fingerprint density at radius 3 is 2.51 bits per heavy atom. The molecule has 2 saturated heterocycles. The Balaban J connectivity index is 1.34. The minimum absolute atomic E-state index is 0.205. The maximum atomic E-state index is 12.8. The Morgan fingerprint density at radius 2 is 1.78 bits per heavy atom. The number of hydrogen-bond donors (Lipinski definition) is 0. The second-order valence-electron chi connectivity index (χ2n) is 9.40. The first-order valence-electron chi connectivity index (χ1n) is 12.4. The number of anilines is 1. The molecular weight excluding hydrogens is 511 g/mol. The highest BCUT2D eigenvalue weighted by atomic mass is 35.5. The number of piperazine rings is 1. The van der Waals surface area contributed by atoms with Crippen molar-refractivity contribution in [3.63, 3.8) is 0 Å². The highest BCUT2D eigenvalue weighted by molar-refractivity contribution is 6.33. The van der Waals surface area contributed by atoms with E-state index < -0.39 is 0 Å². The van der Waals surface area contributed by atoms with Gasteiger partial charge in [0.05, 0.1) is 5.02 Å².